The fourth-order valence-electron chi connectivity index (χ4n) is 1.58. The van der Waals surface area contributed by atoms with Gasteiger partial charge in [-0.3, -0.25) is 10.2 Å². The molecular formula is C12H17N3OS. The van der Waals surface area contributed by atoms with Gasteiger partial charge < -0.3 is 11.1 Å². The van der Waals surface area contributed by atoms with Gasteiger partial charge in [-0.2, -0.15) is 0 Å². The smallest absolute Gasteiger partial charge is 0.230 e. The van der Waals surface area contributed by atoms with Gasteiger partial charge in [0.15, 0.2) is 5.17 Å². The molecule has 5 heteroatoms. The number of thioether (sulfide) groups is 1. The zero-order chi connectivity index (χ0) is 12.8. The summed E-state index contributed by atoms with van der Waals surface area (Å²) in [6.45, 7) is 3.96. The maximum absolute atomic E-state index is 11.6. The first kappa shape index (κ1) is 13.6. The van der Waals surface area contributed by atoms with Crippen molar-refractivity contribution in [1.82, 2.24) is 5.32 Å². The molecule has 92 valence electrons. The number of hydrogen-bond donors (Lipinski definition) is 3. The average molecular weight is 251 g/mol. The number of carbonyl (C=O) groups excluding carboxylic acids is 1. The molecule has 0 aromatic heterocycles. The summed E-state index contributed by atoms with van der Waals surface area (Å²) in [5.74, 6) is 0.0758. The van der Waals surface area contributed by atoms with Crippen LogP contribution in [0.15, 0.2) is 24.3 Å². The molecule has 0 heterocycles. The van der Waals surface area contributed by atoms with Gasteiger partial charge in [-0.25, -0.2) is 0 Å². The molecule has 0 spiro atoms. The molecule has 1 rings (SSSR count). The summed E-state index contributed by atoms with van der Waals surface area (Å²) in [6, 6.07) is 7.91. The molecule has 1 unspecified atom stereocenters. The Kier molecular flexibility index (Phi) is 5.03. The number of amides is 1. The van der Waals surface area contributed by atoms with Crippen molar-refractivity contribution in [3.8, 4) is 0 Å². The number of nitrogens with one attached hydrogen (secondary N) is 2. The van der Waals surface area contributed by atoms with E-state index in [0.717, 1.165) is 22.9 Å². The highest BCUT2D eigenvalue weighted by Crippen LogP contribution is 2.16. The van der Waals surface area contributed by atoms with E-state index in [2.05, 4.69) is 5.32 Å². The van der Waals surface area contributed by atoms with Crippen molar-refractivity contribution in [3.63, 3.8) is 0 Å². The van der Waals surface area contributed by atoms with E-state index < -0.39 is 0 Å². The first-order chi connectivity index (χ1) is 8.00. The van der Waals surface area contributed by atoms with Crippen LogP contribution in [-0.2, 0) is 4.79 Å². The summed E-state index contributed by atoms with van der Waals surface area (Å²) >= 11 is 1.03. The largest absolute Gasteiger partial charge is 0.379 e. The Morgan fingerprint density at radius 1 is 1.53 bits per heavy atom. The van der Waals surface area contributed by atoms with Gasteiger partial charge in [0.25, 0.3) is 0 Å². The summed E-state index contributed by atoms with van der Waals surface area (Å²) in [5.41, 5.74) is 7.43. The average Bonchev–Trinajstić information content (AvgIpc) is 2.26. The van der Waals surface area contributed by atoms with E-state index in [1.807, 2.05) is 38.1 Å². The molecule has 0 radical (unpaired) electrons. The normalized spacial score (nSPS) is 11.9. The van der Waals surface area contributed by atoms with Gasteiger partial charge in [0.05, 0.1) is 11.8 Å². The van der Waals surface area contributed by atoms with Crippen LogP contribution in [0.3, 0.4) is 0 Å². The van der Waals surface area contributed by atoms with Crippen LogP contribution in [0.2, 0.25) is 0 Å². The van der Waals surface area contributed by atoms with Crippen molar-refractivity contribution >= 4 is 22.8 Å². The van der Waals surface area contributed by atoms with Gasteiger partial charge in [-0.1, -0.05) is 36.0 Å². The van der Waals surface area contributed by atoms with Gasteiger partial charge in [0.1, 0.15) is 0 Å². The molecule has 0 bridgehead atoms. The van der Waals surface area contributed by atoms with Crippen LogP contribution in [0.1, 0.15) is 24.1 Å². The van der Waals surface area contributed by atoms with E-state index in [0.29, 0.717) is 0 Å². The van der Waals surface area contributed by atoms with E-state index in [1.54, 1.807) is 0 Å². The zero-order valence-corrected chi connectivity index (χ0v) is 10.8. The van der Waals surface area contributed by atoms with E-state index in [4.69, 9.17) is 11.1 Å². The van der Waals surface area contributed by atoms with E-state index >= 15 is 0 Å². The SMILES string of the molecule is Cc1ccccc1C(C)NC(=O)CSC(=N)N. The molecule has 1 amide bonds. The number of hydrogen-bond acceptors (Lipinski definition) is 3. The van der Waals surface area contributed by atoms with Crippen molar-refractivity contribution in [2.24, 2.45) is 5.73 Å². The predicted octanol–water partition coefficient (Wildman–Crippen LogP) is 1.80. The number of rotatable bonds is 4. The fourth-order valence-corrected chi connectivity index (χ4v) is 1.95. The maximum atomic E-state index is 11.6. The second-order valence-corrected chi connectivity index (χ2v) is 4.82. The standard InChI is InChI=1S/C12H17N3OS/c1-8-5-3-4-6-10(8)9(2)15-11(16)7-17-12(13)14/h3-6,9H,7H2,1-2H3,(H3,13,14)(H,15,16). The highest BCUT2D eigenvalue weighted by Gasteiger charge is 2.11. The maximum Gasteiger partial charge on any atom is 0.230 e. The van der Waals surface area contributed by atoms with Crippen molar-refractivity contribution in [3.05, 3.63) is 35.4 Å². The lowest BCUT2D eigenvalue weighted by atomic mass is 10.0. The predicted molar refractivity (Wildman–Crippen MR) is 72.1 cm³/mol. The number of amidine groups is 1. The number of carbonyl (C=O) groups is 1. The fraction of sp³-hybridized carbons (Fsp3) is 0.333. The third kappa shape index (κ3) is 4.48. The number of aryl methyl sites for hydroxylation is 1. The Balaban J connectivity index is 2.55. The molecule has 0 aliphatic heterocycles. The molecule has 0 saturated carbocycles. The Labute approximate surface area is 105 Å². The highest BCUT2D eigenvalue weighted by molar-refractivity contribution is 8.14. The Morgan fingerprint density at radius 3 is 2.76 bits per heavy atom. The van der Waals surface area contributed by atoms with Gasteiger partial charge in [-0.05, 0) is 25.0 Å². The lowest BCUT2D eigenvalue weighted by Gasteiger charge is -2.16. The quantitative estimate of drug-likeness (QED) is 0.564. The second kappa shape index (κ2) is 6.30. The Hall–Kier alpha value is -1.49. The summed E-state index contributed by atoms with van der Waals surface area (Å²) < 4.78 is 0. The van der Waals surface area contributed by atoms with Crippen LogP contribution in [0.4, 0.5) is 0 Å². The molecule has 17 heavy (non-hydrogen) atoms. The molecule has 1 aromatic rings. The molecule has 0 fully saturated rings. The molecule has 0 aliphatic carbocycles. The third-order valence-electron chi connectivity index (χ3n) is 2.39. The van der Waals surface area contributed by atoms with Crippen LogP contribution in [0.5, 0.6) is 0 Å². The Morgan fingerprint density at radius 2 is 2.18 bits per heavy atom. The minimum Gasteiger partial charge on any atom is -0.379 e. The van der Waals surface area contributed by atoms with E-state index in [-0.39, 0.29) is 22.9 Å². The van der Waals surface area contributed by atoms with Gasteiger partial charge in [-0.15, -0.1) is 0 Å². The summed E-state index contributed by atoms with van der Waals surface area (Å²) in [5, 5.41) is 9.87. The molecule has 0 aliphatic rings. The molecule has 1 atom stereocenters. The molecule has 0 saturated heterocycles. The third-order valence-corrected chi connectivity index (χ3v) is 3.11. The lowest BCUT2D eigenvalue weighted by Crippen LogP contribution is -2.29. The van der Waals surface area contributed by atoms with Gasteiger partial charge >= 0.3 is 0 Å². The van der Waals surface area contributed by atoms with Gasteiger partial charge in [0, 0.05) is 0 Å². The lowest BCUT2D eigenvalue weighted by molar-refractivity contribution is -0.119. The van der Waals surface area contributed by atoms with Crippen molar-refractivity contribution in [1.29, 1.82) is 5.41 Å². The minimum absolute atomic E-state index is 0.0312. The van der Waals surface area contributed by atoms with Crippen molar-refractivity contribution in [2.45, 2.75) is 19.9 Å². The topological polar surface area (TPSA) is 79.0 Å². The molecular weight excluding hydrogens is 234 g/mol. The number of nitrogens with two attached hydrogens (primary N) is 1. The first-order valence-corrected chi connectivity index (χ1v) is 6.31. The number of benzene rings is 1. The van der Waals surface area contributed by atoms with E-state index in [9.17, 15) is 4.79 Å². The summed E-state index contributed by atoms with van der Waals surface area (Å²) in [6.07, 6.45) is 0. The molecule has 1 aromatic carbocycles. The molecule has 4 nitrogen and oxygen atoms in total. The van der Waals surface area contributed by atoms with Crippen LogP contribution in [0, 0.1) is 12.3 Å². The first-order valence-electron chi connectivity index (χ1n) is 5.32. The van der Waals surface area contributed by atoms with Gasteiger partial charge in [0.2, 0.25) is 5.91 Å². The monoisotopic (exact) mass is 251 g/mol. The van der Waals surface area contributed by atoms with Crippen molar-refractivity contribution in [2.75, 3.05) is 5.75 Å². The summed E-state index contributed by atoms with van der Waals surface area (Å²) in [4.78, 5) is 11.6. The van der Waals surface area contributed by atoms with Crippen LogP contribution in [-0.4, -0.2) is 16.8 Å². The van der Waals surface area contributed by atoms with Crippen LogP contribution >= 0.6 is 11.8 Å². The van der Waals surface area contributed by atoms with Crippen LogP contribution < -0.4 is 11.1 Å². The summed E-state index contributed by atoms with van der Waals surface area (Å²) in [7, 11) is 0. The second-order valence-electron chi connectivity index (χ2n) is 3.80. The Bertz CT molecular complexity index is 420. The molecule has 4 N–H and O–H groups in total. The van der Waals surface area contributed by atoms with E-state index in [1.165, 1.54) is 0 Å². The van der Waals surface area contributed by atoms with Crippen molar-refractivity contribution < 1.29 is 4.79 Å². The zero-order valence-electron chi connectivity index (χ0n) is 9.99. The minimum atomic E-state index is -0.110. The van der Waals surface area contributed by atoms with Crippen LogP contribution in [0.25, 0.3) is 0 Å². The highest BCUT2D eigenvalue weighted by atomic mass is 32.2.